The molecule has 0 aromatic heterocycles. The summed E-state index contributed by atoms with van der Waals surface area (Å²) in [6, 6.07) is 85.3. The van der Waals surface area contributed by atoms with Crippen molar-refractivity contribution < 1.29 is 77.2 Å². The van der Waals surface area contributed by atoms with Crippen molar-refractivity contribution in [1.29, 1.82) is 0 Å². The van der Waals surface area contributed by atoms with Gasteiger partial charge >= 0.3 is 52.4 Å². The smallest absolute Gasteiger partial charge is 1.00 e. The number of halogens is 2. The molecule has 0 aliphatic carbocycles. The first-order valence-corrected chi connectivity index (χ1v) is 19.3. The molecular formula is C56H40Cl2Zr2-2. The van der Waals surface area contributed by atoms with Gasteiger partial charge in [-0.1, -0.05) is 157 Å². The monoisotopic (exact) mass is 962 g/mol. The fourth-order valence-corrected chi connectivity index (χ4v) is 7.85. The second-order valence-electron chi connectivity index (χ2n) is 14.0. The molecule has 60 heavy (non-hydrogen) atoms. The van der Waals surface area contributed by atoms with Crippen LogP contribution in [0.4, 0.5) is 0 Å². The van der Waals surface area contributed by atoms with E-state index in [2.05, 4.69) is 243 Å². The topological polar surface area (TPSA) is 0 Å². The molecule has 0 N–H and O–H groups in total. The maximum atomic E-state index is 2.24. The van der Waals surface area contributed by atoms with Gasteiger partial charge in [0.05, 0.1) is 0 Å². The van der Waals surface area contributed by atoms with E-state index in [1.165, 1.54) is 86.9 Å². The molecule has 0 fully saturated rings. The van der Waals surface area contributed by atoms with Gasteiger partial charge in [-0.15, -0.1) is 173 Å². The van der Waals surface area contributed by atoms with Crippen LogP contribution in [0.15, 0.2) is 243 Å². The van der Waals surface area contributed by atoms with E-state index in [0.717, 1.165) is 0 Å². The van der Waals surface area contributed by atoms with Crippen LogP contribution in [0.1, 0.15) is 0 Å². The number of benzene rings is 8. The first kappa shape index (κ1) is 46.1. The van der Waals surface area contributed by atoms with Crippen LogP contribution < -0.4 is 24.8 Å². The standard InChI is InChI=1S/2C15H11.2C13H9.2ClH.2Zr/c2*1-2-6-12(7-3-1)15-11-10-13-8-4-5-9-14(13)15;2*1-3-7-12-10(5-1)9-11-6-2-4-8-13(11)12;;;;/h2*1-11H;2*1-9H;2*1H;;/q4*-1;;;2*+2/p-2. The Bertz CT molecular complexity index is 2830. The summed E-state index contributed by atoms with van der Waals surface area (Å²) in [5.74, 6) is 0. The van der Waals surface area contributed by atoms with E-state index in [4.69, 9.17) is 0 Å². The maximum Gasteiger partial charge on any atom is 2.00 e. The molecule has 0 heterocycles. The molecule has 12 aromatic rings. The van der Waals surface area contributed by atoms with Crippen LogP contribution in [-0.2, 0) is 52.4 Å². The summed E-state index contributed by atoms with van der Waals surface area (Å²) in [5, 5.41) is 16.1. The third kappa shape index (κ3) is 10.1. The zero-order valence-corrected chi connectivity index (χ0v) is 39.3. The summed E-state index contributed by atoms with van der Waals surface area (Å²) < 4.78 is 0. The fourth-order valence-electron chi connectivity index (χ4n) is 7.85. The number of fused-ring (bicyclic) bond motifs is 8. The van der Waals surface area contributed by atoms with Gasteiger partial charge in [0.25, 0.3) is 0 Å². The summed E-state index contributed by atoms with van der Waals surface area (Å²) in [4.78, 5) is 0. The molecular weight excluding hydrogens is 926 g/mol. The molecule has 0 aliphatic heterocycles. The predicted octanol–water partition coefficient (Wildman–Crippen LogP) is 9.88. The number of hydrogen-bond donors (Lipinski definition) is 0. The Morgan fingerprint density at radius 1 is 0.233 bits per heavy atom. The van der Waals surface area contributed by atoms with Gasteiger partial charge in [0.2, 0.25) is 0 Å². The minimum Gasteiger partial charge on any atom is -1.00 e. The second-order valence-corrected chi connectivity index (χ2v) is 14.0. The van der Waals surface area contributed by atoms with Crippen molar-refractivity contribution in [3.8, 4) is 22.3 Å². The van der Waals surface area contributed by atoms with E-state index in [0.29, 0.717) is 0 Å². The zero-order chi connectivity index (χ0) is 37.5. The van der Waals surface area contributed by atoms with Crippen LogP contribution in [0, 0.1) is 0 Å². The molecule has 0 atom stereocenters. The largest absolute Gasteiger partial charge is 2.00 e. The van der Waals surface area contributed by atoms with Gasteiger partial charge in [-0.05, 0) is 0 Å². The molecule has 12 rings (SSSR count). The first-order valence-electron chi connectivity index (χ1n) is 19.3. The Morgan fingerprint density at radius 2 is 0.467 bits per heavy atom. The van der Waals surface area contributed by atoms with Gasteiger partial charge in [0, 0.05) is 0 Å². The molecule has 0 spiro atoms. The Balaban J connectivity index is 0.000000149. The van der Waals surface area contributed by atoms with E-state index in [1.807, 2.05) is 0 Å². The molecule has 0 aliphatic rings. The molecule has 4 heteroatoms. The Morgan fingerprint density at radius 3 is 0.767 bits per heavy atom. The van der Waals surface area contributed by atoms with Gasteiger partial charge in [-0.2, -0.15) is 0 Å². The molecule has 288 valence electrons. The van der Waals surface area contributed by atoms with Crippen molar-refractivity contribution in [2.24, 2.45) is 0 Å². The Labute approximate surface area is 403 Å². The van der Waals surface area contributed by atoms with Gasteiger partial charge in [-0.25, -0.2) is 0 Å². The molecule has 0 amide bonds. The molecule has 0 bridgehead atoms. The quantitative estimate of drug-likeness (QED) is 0.152. The van der Waals surface area contributed by atoms with Crippen molar-refractivity contribution in [2.45, 2.75) is 0 Å². The average Bonchev–Trinajstić information content (AvgIpc) is 4.08. The Hall–Kier alpha value is -4.93. The van der Waals surface area contributed by atoms with Gasteiger partial charge in [-0.3, -0.25) is 0 Å². The maximum absolute atomic E-state index is 2.24. The molecule has 0 saturated carbocycles. The van der Waals surface area contributed by atoms with E-state index in [-0.39, 0.29) is 77.2 Å². The molecule has 0 radical (unpaired) electrons. The Kier molecular flexibility index (Phi) is 17.0. The predicted molar refractivity (Wildman–Crippen MR) is 244 cm³/mol. The van der Waals surface area contributed by atoms with E-state index in [1.54, 1.807) is 0 Å². The molecule has 0 nitrogen and oxygen atoms in total. The molecule has 0 unspecified atom stereocenters. The minimum absolute atomic E-state index is 0. The molecule has 0 saturated heterocycles. The summed E-state index contributed by atoms with van der Waals surface area (Å²) >= 11 is 0. The van der Waals surface area contributed by atoms with Gasteiger partial charge < -0.3 is 24.8 Å². The minimum atomic E-state index is 0. The fraction of sp³-hybridized carbons (Fsp3) is 0. The van der Waals surface area contributed by atoms with Gasteiger partial charge in [0.1, 0.15) is 0 Å². The van der Waals surface area contributed by atoms with Crippen LogP contribution in [0.5, 0.6) is 0 Å². The summed E-state index contributed by atoms with van der Waals surface area (Å²) in [6.45, 7) is 0. The summed E-state index contributed by atoms with van der Waals surface area (Å²) in [7, 11) is 0. The van der Waals surface area contributed by atoms with Crippen molar-refractivity contribution in [2.75, 3.05) is 0 Å². The van der Waals surface area contributed by atoms with Gasteiger partial charge in [0.15, 0.2) is 0 Å². The van der Waals surface area contributed by atoms with Crippen molar-refractivity contribution in [3.63, 3.8) is 0 Å². The first-order chi connectivity index (χ1) is 27.8. The third-order valence-corrected chi connectivity index (χ3v) is 10.6. The van der Waals surface area contributed by atoms with Crippen LogP contribution in [0.3, 0.4) is 0 Å². The third-order valence-electron chi connectivity index (χ3n) is 10.6. The van der Waals surface area contributed by atoms with E-state index in [9.17, 15) is 0 Å². The van der Waals surface area contributed by atoms with Crippen molar-refractivity contribution >= 4 is 64.6 Å². The average molecular weight is 966 g/mol. The summed E-state index contributed by atoms with van der Waals surface area (Å²) in [6.07, 6.45) is 0. The van der Waals surface area contributed by atoms with Crippen LogP contribution in [0.25, 0.3) is 86.9 Å². The summed E-state index contributed by atoms with van der Waals surface area (Å²) in [5.41, 5.74) is 5.23. The normalized spacial score (nSPS) is 10.1. The van der Waals surface area contributed by atoms with Crippen LogP contribution in [-0.4, -0.2) is 0 Å². The number of rotatable bonds is 2. The second kappa shape index (κ2) is 22.1. The van der Waals surface area contributed by atoms with Crippen molar-refractivity contribution in [1.82, 2.24) is 0 Å². The van der Waals surface area contributed by atoms with E-state index < -0.39 is 0 Å². The van der Waals surface area contributed by atoms with E-state index >= 15 is 0 Å². The molecule has 12 aromatic carbocycles. The number of hydrogen-bond acceptors (Lipinski definition) is 0. The zero-order valence-electron chi connectivity index (χ0n) is 32.8. The van der Waals surface area contributed by atoms with Crippen LogP contribution in [0.2, 0.25) is 0 Å². The SMILES string of the molecule is [Cl-].[Cl-].[Zr+2].[Zr+2].c1ccc(-c2c[cH-]c3ccccc23)cc1.c1ccc(-c2c[cH-]c3ccccc23)cc1.c1ccc2c(c1)[cH-]c1ccccc12.c1ccc2c(c1)[cH-]c1ccccc12. The van der Waals surface area contributed by atoms with Crippen LogP contribution >= 0.6 is 0 Å². The van der Waals surface area contributed by atoms with Crippen molar-refractivity contribution in [3.05, 3.63) is 243 Å².